The number of aromatic nitrogens is 2. The van der Waals surface area contributed by atoms with Crippen molar-refractivity contribution in [3.05, 3.63) is 41.5 Å². The molecular formula is C15H15FN4O. The van der Waals surface area contributed by atoms with Gasteiger partial charge in [-0.2, -0.15) is 10.2 Å². The van der Waals surface area contributed by atoms with Gasteiger partial charge >= 0.3 is 0 Å². The molecule has 0 unspecified atom stereocenters. The lowest BCUT2D eigenvalue weighted by atomic mass is 10.2. The number of benzene rings is 1. The fourth-order valence-corrected chi connectivity index (χ4v) is 1.65. The van der Waals surface area contributed by atoms with Crippen molar-refractivity contribution in [1.29, 1.82) is 5.26 Å². The van der Waals surface area contributed by atoms with Gasteiger partial charge in [0.1, 0.15) is 29.3 Å². The van der Waals surface area contributed by atoms with Gasteiger partial charge in [0.25, 0.3) is 0 Å². The van der Waals surface area contributed by atoms with Crippen LogP contribution in [0.5, 0.6) is 11.6 Å². The zero-order valence-electron chi connectivity index (χ0n) is 12.0. The summed E-state index contributed by atoms with van der Waals surface area (Å²) < 4.78 is 19.1. The van der Waals surface area contributed by atoms with Crippen LogP contribution in [0.4, 0.5) is 10.2 Å². The predicted molar refractivity (Wildman–Crippen MR) is 76.9 cm³/mol. The van der Waals surface area contributed by atoms with Crippen molar-refractivity contribution >= 4 is 5.82 Å². The number of hydrogen-bond acceptors (Lipinski definition) is 5. The molecular weight excluding hydrogens is 271 g/mol. The summed E-state index contributed by atoms with van der Waals surface area (Å²) in [6, 6.07) is 7.45. The summed E-state index contributed by atoms with van der Waals surface area (Å²) in [5.41, 5.74) is -0.0242. The molecule has 0 spiro atoms. The fraction of sp³-hybridized carbons (Fsp3) is 0.267. The molecule has 0 saturated heterocycles. The number of anilines is 1. The zero-order chi connectivity index (χ0) is 15.4. The van der Waals surface area contributed by atoms with E-state index in [0.29, 0.717) is 17.5 Å². The van der Waals surface area contributed by atoms with E-state index in [-0.39, 0.29) is 17.2 Å². The first-order valence-corrected chi connectivity index (χ1v) is 6.47. The first-order valence-electron chi connectivity index (χ1n) is 6.47. The van der Waals surface area contributed by atoms with Crippen molar-refractivity contribution < 1.29 is 9.13 Å². The molecule has 0 saturated carbocycles. The quantitative estimate of drug-likeness (QED) is 0.932. The lowest BCUT2D eigenvalue weighted by Crippen LogP contribution is -2.03. The van der Waals surface area contributed by atoms with Crippen LogP contribution in [0.15, 0.2) is 24.3 Å². The Balaban J connectivity index is 2.33. The molecule has 1 aromatic heterocycles. The third-order valence-corrected chi connectivity index (χ3v) is 2.78. The van der Waals surface area contributed by atoms with Crippen molar-refractivity contribution in [2.24, 2.45) is 0 Å². The molecule has 0 aliphatic heterocycles. The van der Waals surface area contributed by atoms with Gasteiger partial charge in [-0.25, -0.2) is 9.37 Å². The number of ether oxygens (including phenoxy) is 1. The first kappa shape index (κ1) is 14.7. The van der Waals surface area contributed by atoms with Crippen LogP contribution in [-0.4, -0.2) is 17.0 Å². The van der Waals surface area contributed by atoms with Crippen molar-refractivity contribution in [2.75, 3.05) is 12.4 Å². The summed E-state index contributed by atoms with van der Waals surface area (Å²) in [7, 11) is 1.75. The van der Waals surface area contributed by atoms with Gasteiger partial charge in [-0.1, -0.05) is 13.8 Å². The minimum atomic E-state index is -0.623. The second-order valence-corrected chi connectivity index (χ2v) is 4.71. The van der Waals surface area contributed by atoms with Crippen LogP contribution in [-0.2, 0) is 0 Å². The molecule has 6 heteroatoms. The van der Waals surface area contributed by atoms with Gasteiger partial charge in [0, 0.05) is 25.1 Å². The number of nitrogens with one attached hydrogen (secondary N) is 1. The Hall–Kier alpha value is -2.68. The molecule has 5 nitrogen and oxygen atoms in total. The van der Waals surface area contributed by atoms with Crippen LogP contribution >= 0.6 is 0 Å². The first-order chi connectivity index (χ1) is 10.0. The van der Waals surface area contributed by atoms with Crippen LogP contribution in [0, 0.1) is 17.1 Å². The van der Waals surface area contributed by atoms with E-state index in [1.54, 1.807) is 19.2 Å². The Morgan fingerprint density at radius 1 is 1.29 bits per heavy atom. The average Bonchev–Trinajstić information content (AvgIpc) is 2.47. The predicted octanol–water partition coefficient (Wildman–Crippen LogP) is 3.44. The minimum Gasteiger partial charge on any atom is -0.439 e. The second kappa shape index (κ2) is 6.18. The van der Waals surface area contributed by atoms with Crippen LogP contribution < -0.4 is 10.1 Å². The highest BCUT2D eigenvalue weighted by Gasteiger charge is 2.10. The van der Waals surface area contributed by atoms with E-state index in [4.69, 9.17) is 10.00 Å². The monoisotopic (exact) mass is 286 g/mol. The molecule has 2 rings (SSSR count). The van der Waals surface area contributed by atoms with Gasteiger partial charge in [-0.05, 0) is 12.1 Å². The van der Waals surface area contributed by atoms with E-state index >= 15 is 0 Å². The Morgan fingerprint density at radius 2 is 2.05 bits per heavy atom. The highest BCUT2D eigenvalue weighted by molar-refractivity contribution is 5.41. The molecule has 0 bridgehead atoms. The van der Waals surface area contributed by atoms with Crippen LogP contribution in [0.1, 0.15) is 31.2 Å². The lowest BCUT2D eigenvalue weighted by molar-refractivity contribution is 0.452. The van der Waals surface area contributed by atoms with Gasteiger partial charge in [0.15, 0.2) is 0 Å². The van der Waals surface area contributed by atoms with Crippen molar-refractivity contribution in [2.45, 2.75) is 19.8 Å². The minimum absolute atomic E-state index is 0.0242. The Morgan fingerprint density at radius 3 is 2.62 bits per heavy atom. The van der Waals surface area contributed by atoms with Crippen LogP contribution in [0.25, 0.3) is 0 Å². The highest BCUT2D eigenvalue weighted by Crippen LogP contribution is 2.25. The number of nitriles is 1. The van der Waals surface area contributed by atoms with E-state index in [1.807, 2.05) is 13.8 Å². The Bertz CT molecular complexity index is 695. The molecule has 0 aliphatic carbocycles. The second-order valence-electron chi connectivity index (χ2n) is 4.71. The molecule has 0 amide bonds. The number of halogens is 1. The summed E-state index contributed by atoms with van der Waals surface area (Å²) in [6.45, 7) is 3.94. The maximum absolute atomic E-state index is 13.6. The summed E-state index contributed by atoms with van der Waals surface area (Å²) in [6.07, 6.45) is 0. The molecule has 1 heterocycles. The van der Waals surface area contributed by atoms with Gasteiger partial charge in [-0.15, -0.1) is 0 Å². The molecule has 0 radical (unpaired) electrons. The number of nitrogens with zero attached hydrogens (tertiary/aromatic N) is 3. The molecule has 0 fully saturated rings. The third kappa shape index (κ3) is 3.45. The summed E-state index contributed by atoms with van der Waals surface area (Å²) in [5, 5.41) is 11.6. The van der Waals surface area contributed by atoms with E-state index in [0.717, 1.165) is 6.07 Å². The molecule has 0 aliphatic rings. The van der Waals surface area contributed by atoms with Gasteiger partial charge in [-0.3, -0.25) is 0 Å². The molecule has 2 aromatic rings. The summed E-state index contributed by atoms with van der Waals surface area (Å²) in [4.78, 5) is 8.61. The molecule has 21 heavy (non-hydrogen) atoms. The zero-order valence-corrected chi connectivity index (χ0v) is 12.0. The summed E-state index contributed by atoms with van der Waals surface area (Å²) in [5.74, 6) is 1.37. The average molecular weight is 286 g/mol. The third-order valence-electron chi connectivity index (χ3n) is 2.78. The van der Waals surface area contributed by atoms with Crippen LogP contribution in [0.2, 0.25) is 0 Å². The Labute approximate surface area is 122 Å². The number of hydrogen-bond donors (Lipinski definition) is 1. The fourth-order valence-electron chi connectivity index (χ4n) is 1.65. The Kier molecular flexibility index (Phi) is 4.33. The smallest absolute Gasteiger partial charge is 0.224 e. The van der Waals surface area contributed by atoms with Crippen molar-refractivity contribution in [3.8, 4) is 17.7 Å². The van der Waals surface area contributed by atoms with Gasteiger partial charge in [0.2, 0.25) is 5.88 Å². The van der Waals surface area contributed by atoms with Crippen LogP contribution in [0.3, 0.4) is 0 Å². The molecule has 0 atom stereocenters. The van der Waals surface area contributed by atoms with Crippen molar-refractivity contribution in [1.82, 2.24) is 9.97 Å². The van der Waals surface area contributed by atoms with Crippen molar-refractivity contribution in [3.63, 3.8) is 0 Å². The largest absolute Gasteiger partial charge is 0.439 e. The topological polar surface area (TPSA) is 70.8 Å². The molecule has 1 aromatic carbocycles. The summed E-state index contributed by atoms with van der Waals surface area (Å²) >= 11 is 0. The number of rotatable bonds is 4. The van der Waals surface area contributed by atoms with E-state index in [1.165, 1.54) is 12.1 Å². The van der Waals surface area contributed by atoms with E-state index in [9.17, 15) is 4.39 Å². The normalized spacial score (nSPS) is 10.3. The molecule has 1 N–H and O–H groups in total. The lowest BCUT2D eigenvalue weighted by Gasteiger charge is -2.11. The van der Waals surface area contributed by atoms with Gasteiger partial charge in [0.05, 0.1) is 5.56 Å². The molecule has 108 valence electrons. The van der Waals surface area contributed by atoms with E-state index < -0.39 is 5.82 Å². The maximum Gasteiger partial charge on any atom is 0.224 e. The van der Waals surface area contributed by atoms with E-state index in [2.05, 4.69) is 15.3 Å². The SMILES string of the molecule is CNc1cc(Oc2ccc(C#N)c(F)c2)nc(C(C)C)n1. The maximum atomic E-state index is 13.6. The van der Waals surface area contributed by atoms with Gasteiger partial charge < -0.3 is 10.1 Å². The highest BCUT2D eigenvalue weighted by atomic mass is 19.1. The standard InChI is InChI=1S/C15H15FN4O/c1-9(2)15-19-13(18-3)7-14(20-15)21-11-5-4-10(8-17)12(16)6-11/h4-7,9H,1-3H3,(H,18,19,20).